The highest BCUT2D eigenvalue weighted by Gasteiger charge is 2.32. The number of hydrogen-bond donors (Lipinski definition) is 7. The zero-order valence-corrected chi connectivity index (χ0v) is 23.1. The lowest BCUT2D eigenvalue weighted by atomic mass is 10.0. The van der Waals surface area contributed by atoms with Gasteiger partial charge in [0.1, 0.15) is 18.1 Å². The number of aromatic amines is 2. The van der Waals surface area contributed by atoms with E-state index in [4.69, 9.17) is 0 Å². The van der Waals surface area contributed by atoms with Crippen LogP contribution in [0.2, 0.25) is 0 Å². The van der Waals surface area contributed by atoms with Gasteiger partial charge in [-0.3, -0.25) is 14.4 Å². The fraction of sp³-hybridized carbons (Fsp3) is 0.444. The maximum absolute atomic E-state index is 13.4. The van der Waals surface area contributed by atoms with Crippen molar-refractivity contribution in [2.75, 3.05) is 18.6 Å². The molecule has 1 aliphatic heterocycles. The summed E-state index contributed by atoms with van der Waals surface area (Å²) in [6.45, 7) is 0.746. The summed E-state index contributed by atoms with van der Waals surface area (Å²) < 4.78 is 0. The molecule has 0 spiro atoms. The monoisotopic (exact) mass is 569 g/mol. The van der Waals surface area contributed by atoms with Crippen molar-refractivity contribution in [3.05, 3.63) is 54.2 Å². The van der Waals surface area contributed by atoms with Gasteiger partial charge in [-0.25, -0.2) is 9.78 Å². The van der Waals surface area contributed by atoms with Gasteiger partial charge in [-0.05, 0) is 49.4 Å². The topological polar surface area (TPSA) is 181 Å². The third-order valence-corrected chi connectivity index (χ3v) is 7.59. The minimum Gasteiger partial charge on any atom is -0.480 e. The molecule has 4 rings (SSSR count). The fourth-order valence-electron chi connectivity index (χ4n) is 4.78. The molecular weight excluding hydrogens is 534 g/mol. The maximum atomic E-state index is 13.4. The van der Waals surface area contributed by atoms with Crippen molar-refractivity contribution in [3.63, 3.8) is 0 Å². The van der Waals surface area contributed by atoms with Crippen molar-refractivity contribution in [3.8, 4) is 0 Å². The number of carboxylic acids is 1. The number of thioether (sulfide) groups is 1. The minimum atomic E-state index is -1.23. The molecule has 4 unspecified atom stereocenters. The van der Waals surface area contributed by atoms with Crippen LogP contribution in [0.4, 0.5) is 0 Å². The van der Waals surface area contributed by atoms with E-state index < -0.39 is 35.9 Å². The number of fused-ring (bicyclic) bond motifs is 1. The number of hydrogen-bond acceptors (Lipinski definition) is 7. The van der Waals surface area contributed by atoms with Crippen LogP contribution in [0.1, 0.15) is 30.5 Å². The Hall–Kier alpha value is -3.84. The Bertz CT molecular complexity index is 1310. The van der Waals surface area contributed by atoms with Crippen LogP contribution >= 0.6 is 11.8 Å². The van der Waals surface area contributed by atoms with Crippen LogP contribution in [-0.2, 0) is 32.0 Å². The summed E-state index contributed by atoms with van der Waals surface area (Å²) in [6.07, 6.45) is 8.70. The second-order valence-corrected chi connectivity index (χ2v) is 10.8. The smallest absolute Gasteiger partial charge is 0.326 e. The number of H-pyrrole nitrogens is 2. The summed E-state index contributed by atoms with van der Waals surface area (Å²) in [5.41, 5.74) is 2.20. The number of carbonyl (C=O) groups is 4. The molecule has 3 amide bonds. The molecule has 0 aliphatic carbocycles. The van der Waals surface area contributed by atoms with E-state index in [0.717, 1.165) is 29.4 Å². The highest BCUT2D eigenvalue weighted by Crippen LogP contribution is 2.19. The van der Waals surface area contributed by atoms with Crippen LogP contribution in [-0.4, -0.2) is 86.5 Å². The number of carboxylic acid groups (broad SMARTS) is 1. The number of nitrogens with one attached hydrogen (secondary N) is 6. The summed E-state index contributed by atoms with van der Waals surface area (Å²) in [7, 11) is 0. The van der Waals surface area contributed by atoms with E-state index in [2.05, 4.69) is 36.2 Å². The lowest BCUT2D eigenvalue weighted by molar-refractivity contribution is -0.142. The molecule has 2 aromatic heterocycles. The van der Waals surface area contributed by atoms with E-state index >= 15 is 0 Å². The first-order chi connectivity index (χ1) is 19.4. The quantitative estimate of drug-likeness (QED) is 0.148. The minimum absolute atomic E-state index is 0.0522. The van der Waals surface area contributed by atoms with Gasteiger partial charge in [0.15, 0.2) is 0 Å². The molecule has 40 heavy (non-hydrogen) atoms. The van der Waals surface area contributed by atoms with Gasteiger partial charge in [0.2, 0.25) is 17.7 Å². The Labute approximate surface area is 235 Å². The number of aliphatic carboxylic acids is 1. The molecule has 214 valence electrons. The van der Waals surface area contributed by atoms with Crippen molar-refractivity contribution in [1.82, 2.24) is 36.2 Å². The fourth-order valence-corrected chi connectivity index (χ4v) is 5.25. The molecule has 3 aromatic rings. The van der Waals surface area contributed by atoms with Crippen molar-refractivity contribution in [2.24, 2.45) is 0 Å². The molecule has 12 nitrogen and oxygen atoms in total. The molecular formula is C27H35N7O5S. The van der Waals surface area contributed by atoms with Crippen LogP contribution in [0.3, 0.4) is 0 Å². The number of benzene rings is 1. The molecule has 4 atom stereocenters. The van der Waals surface area contributed by atoms with Gasteiger partial charge in [-0.15, -0.1) is 0 Å². The SMILES string of the molecule is CSCCC(NC(=O)C1CCCN1)C(=O)NC(Cc1cnc[nH]1)C(=O)NC(Cc1c[nH]c2ccccc12)C(=O)O. The van der Waals surface area contributed by atoms with Crippen LogP contribution in [0, 0.1) is 0 Å². The summed E-state index contributed by atoms with van der Waals surface area (Å²) in [5.74, 6) is -1.98. The van der Waals surface area contributed by atoms with Crippen molar-refractivity contribution in [1.29, 1.82) is 0 Å². The first-order valence-corrected chi connectivity index (χ1v) is 14.6. The van der Waals surface area contributed by atoms with E-state index in [0.29, 0.717) is 24.3 Å². The number of nitrogens with zero attached hydrogens (tertiary/aromatic N) is 1. The zero-order chi connectivity index (χ0) is 28.5. The molecule has 1 aliphatic rings. The molecule has 0 bridgehead atoms. The van der Waals surface area contributed by atoms with Crippen molar-refractivity contribution < 1.29 is 24.3 Å². The highest BCUT2D eigenvalue weighted by atomic mass is 32.2. The normalized spacial score (nSPS) is 17.2. The number of carbonyl (C=O) groups excluding carboxylic acids is 3. The number of rotatable bonds is 14. The van der Waals surface area contributed by atoms with Crippen LogP contribution < -0.4 is 21.3 Å². The lowest BCUT2D eigenvalue weighted by Crippen LogP contribution is -2.58. The Morgan fingerprint density at radius 1 is 1.05 bits per heavy atom. The van der Waals surface area contributed by atoms with Gasteiger partial charge in [0, 0.05) is 41.8 Å². The van der Waals surface area contributed by atoms with Crippen LogP contribution in [0.5, 0.6) is 0 Å². The van der Waals surface area contributed by atoms with Crippen molar-refractivity contribution >= 4 is 46.4 Å². The zero-order valence-electron chi connectivity index (χ0n) is 22.2. The van der Waals surface area contributed by atoms with Crippen LogP contribution in [0.15, 0.2) is 43.0 Å². The predicted molar refractivity (Wildman–Crippen MR) is 152 cm³/mol. The summed E-state index contributed by atoms with van der Waals surface area (Å²) in [4.78, 5) is 61.7. The predicted octanol–water partition coefficient (Wildman–Crippen LogP) is 0.720. The molecule has 13 heteroatoms. The van der Waals surface area contributed by atoms with E-state index in [1.807, 2.05) is 30.5 Å². The summed E-state index contributed by atoms with van der Waals surface area (Å²) in [5, 5.41) is 22.1. The maximum Gasteiger partial charge on any atom is 0.326 e. The average molecular weight is 570 g/mol. The van der Waals surface area contributed by atoms with E-state index in [-0.39, 0.29) is 24.8 Å². The van der Waals surface area contributed by atoms with Gasteiger partial charge in [0.25, 0.3) is 0 Å². The standard InChI is InChI=1S/C27H35N7O5S/c1-40-10-8-21(32-24(35)20-7-4-9-29-20)25(36)33-22(12-17-14-28-15-31-17)26(37)34-23(27(38)39)11-16-13-30-19-6-3-2-5-18(16)19/h2-3,5-6,13-15,20-23,29-30H,4,7-12H2,1H3,(H,28,31)(H,32,35)(H,33,36)(H,34,37)(H,38,39). The van der Waals surface area contributed by atoms with Gasteiger partial charge in [-0.1, -0.05) is 18.2 Å². The average Bonchev–Trinajstić information content (AvgIpc) is 3.73. The molecule has 1 saturated heterocycles. The molecule has 7 N–H and O–H groups in total. The van der Waals surface area contributed by atoms with Gasteiger partial charge in [0.05, 0.1) is 12.4 Å². The Morgan fingerprint density at radius 3 is 2.52 bits per heavy atom. The van der Waals surface area contributed by atoms with E-state index in [1.165, 1.54) is 12.5 Å². The number of amides is 3. The first-order valence-electron chi connectivity index (χ1n) is 13.2. The lowest BCUT2D eigenvalue weighted by Gasteiger charge is -2.25. The second-order valence-electron chi connectivity index (χ2n) is 9.80. The number of aromatic nitrogens is 3. The Balaban J connectivity index is 1.48. The highest BCUT2D eigenvalue weighted by molar-refractivity contribution is 7.98. The summed E-state index contributed by atoms with van der Waals surface area (Å²) in [6, 6.07) is 3.98. The largest absolute Gasteiger partial charge is 0.480 e. The summed E-state index contributed by atoms with van der Waals surface area (Å²) >= 11 is 1.54. The first kappa shape index (κ1) is 29.2. The van der Waals surface area contributed by atoms with Crippen molar-refractivity contribution in [2.45, 2.75) is 56.3 Å². The third-order valence-electron chi connectivity index (χ3n) is 6.95. The Morgan fingerprint density at radius 2 is 1.82 bits per heavy atom. The third kappa shape index (κ3) is 7.63. The molecule has 1 fully saturated rings. The number of para-hydroxylation sites is 1. The van der Waals surface area contributed by atoms with Gasteiger partial charge >= 0.3 is 5.97 Å². The van der Waals surface area contributed by atoms with Crippen LogP contribution in [0.25, 0.3) is 10.9 Å². The van der Waals surface area contributed by atoms with E-state index in [1.54, 1.807) is 18.0 Å². The van der Waals surface area contributed by atoms with E-state index in [9.17, 15) is 24.3 Å². The van der Waals surface area contributed by atoms with Gasteiger partial charge in [-0.2, -0.15) is 11.8 Å². The van der Waals surface area contributed by atoms with Gasteiger partial charge < -0.3 is 36.3 Å². The number of imidazole rings is 1. The molecule has 0 radical (unpaired) electrons. The Kier molecular flexibility index (Phi) is 10.2. The molecule has 3 heterocycles. The second kappa shape index (κ2) is 14.0. The molecule has 1 aromatic carbocycles. The molecule has 0 saturated carbocycles.